The normalized spacial score (nSPS) is 24.0. The molecule has 8 heteroatoms. The molecule has 0 spiro atoms. The lowest BCUT2D eigenvalue weighted by atomic mass is 10.1. The van der Waals surface area contributed by atoms with E-state index in [4.69, 9.17) is 0 Å². The molecular formula is C15H26N6O2. The highest BCUT2D eigenvalue weighted by Crippen LogP contribution is 2.29. The van der Waals surface area contributed by atoms with Crippen molar-refractivity contribution in [2.24, 2.45) is 4.99 Å². The van der Waals surface area contributed by atoms with Crippen molar-refractivity contribution in [2.75, 3.05) is 39.8 Å². The van der Waals surface area contributed by atoms with Gasteiger partial charge in [0.2, 0.25) is 5.91 Å². The molecule has 23 heavy (non-hydrogen) atoms. The SMILES string of the molecule is CN=C(NCCN1C(=O)CNC1=O)NC1CCN(C2CC2)CC1. The number of likely N-dealkylation sites (tertiary alicyclic amines) is 1. The fourth-order valence-corrected chi connectivity index (χ4v) is 3.20. The van der Waals surface area contributed by atoms with Crippen LogP contribution in [0.25, 0.3) is 0 Å². The van der Waals surface area contributed by atoms with E-state index in [9.17, 15) is 9.59 Å². The third-order valence-corrected chi connectivity index (χ3v) is 4.72. The van der Waals surface area contributed by atoms with Crippen LogP contribution in [0.5, 0.6) is 0 Å². The number of nitrogens with one attached hydrogen (secondary N) is 3. The molecule has 8 nitrogen and oxygen atoms in total. The molecule has 0 unspecified atom stereocenters. The van der Waals surface area contributed by atoms with Crippen LogP contribution in [0.15, 0.2) is 4.99 Å². The van der Waals surface area contributed by atoms with E-state index in [2.05, 4.69) is 25.8 Å². The van der Waals surface area contributed by atoms with E-state index < -0.39 is 0 Å². The van der Waals surface area contributed by atoms with E-state index in [1.807, 2.05) is 0 Å². The number of hydrogen-bond donors (Lipinski definition) is 3. The summed E-state index contributed by atoms with van der Waals surface area (Å²) in [5.74, 6) is 0.564. The standard InChI is InChI=1S/C15H26N6O2/c1-16-14(17-6-9-21-13(22)10-18-15(21)23)19-11-4-7-20(8-5-11)12-2-3-12/h11-12H,2-10H2,1H3,(H,18,23)(H2,16,17,19). The number of imide groups is 1. The molecule has 1 saturated carbocycles. The van der Waals surface area contributed by atoms with Crippen LogP contribution < -0.4 is 16.0 Å². The second-order valence-corrected chi connectivity index (χ2v) is 6.39. The Balaban J connectivity index is 1.36. The van der Waals surface area contributed by atoms with Gasteiger partial charge in [-0.25, -0.2) is 4.79 Å². The van der Waals surface area contributed by atoms with Gasteiger partial charge in [-0.3, -0.25) is 14.7 Å². The van der Waals surface area contributed by atoms with Crippen molar-refractivity contribution < 1.29 is 9.59 Å². The number of aliphatic imine (C=N–C) groups is 1. The van der Waals surface area contributed by atoms with Gasteiger partial charge in [-0.15, -0.1) is 0 Å². The van der Waals surface area contributed by atoms with Gasteiger partial charge in [-0.2, -0.15) is 0 Å². The third-order valence-electron chi connectivity index (χ3n) is 4.72. The summed E-state index contributed by atoms with van der Waals surface area (Å²) in [6.07, 6.45) is 4.99. The summed E-state index contributed by atoms with van der Waals surface area (Å²) >= 11 is 0. The van der Waals surface area contributed by atoms with E-state index >= 15 is 0 Å². The summed E-state index contributed by atoms with van der Waals surface area (Å²) in [6.45, 7) is 3.26. The Morgan fingerprint density at radius 1 is 1.26 bits per heavy atom. The average molecular weight is 322 g/mol. The van der Waals surface area contributed by atoms with Crippen LogP contribution in [0.3, 0.4) is 0 Å². The van der Waals surface area contributed by atoms with Crippen molar-refractivity contribution >= 4 is 17.9 Å². The minimum atomic E-state index is -0.313. The van der Waals surface area contributed by atoms with Crippen molar-refractivity contribution in [1.29, 1.82) is 0 Å². The highest BCUT2D eigenvalue weighted by Gasteiger charge is 2.32. The van der Waals surface area contributed by atoms with E-state index in [1.54, 1.807) is 7.05 Å². The van der Waals surface area contributed by atoms with Gasteiger partial charge in [0.05, 0.1) is 6.54 Å². The first kappa shape index (κ1) is 16.0. The fourth-order valence-electron chi connectivity index (χ4n) is 3.20. The Kier molecular flexibility index (Phi) is 5.00. The highest BCUT2D eigenvalue weighted by atomic mass is 16.2. The molecule has 3 aliphatic rings. The van der Waals surface area contributed by atoms with Crippen LogP contribution in [-0.4, -0.2) is 79.6 Å². The maximum atomic E-state index is 11.5. The summed E-state index contributed by atoms with van der Waals surface area (Å²) in [6, 6.07) is 0.970. The molecule has 3 rings (SSSR count). The number of urea groups is 1. The molecule has 0 aromatic heterocycles. The third kappa shape index (κ3) is 4.13. The van der Waals surface area contributed by atoms with Gasteiger partial charge in [0, 0.05) is 45.3 Å². The van der Waals surface area contributed by atoms with Crippen LogP contribution in [-0.2, 0) is 4.79 Å². The van der Waals surface area contributed by atoms with Gasteiger partial charge in [0.25, 0.3) is 0 Å². The van der Waals surface area contributed by atoms with E-state index in [-0.39, 0.29) is 18.5 Å². The Hall–Kier alpha value is -1.83. The Bertz CT molecular complexity index is 466. The van der Waals surface area contributed by atoms with Gasteiger partial charge < -0.3 is 20.9 Å². The molecule has 0 radical (unpaired) electrons. The van der Waals surface area contributed by atoms with Crippen LogP contribution >= 0.6 is 0 Å². The van der Waals surface area contributed by atoms with Crippen molar-refractivity contribution in [1.82, 2.24) is 25.8 Å². The molecule has 0 bridgehead atoms. The Morgan fingerprint density at radius 3 is 2.57 bits per heavy atom. The van der Waals surface area contributed by atoms with Crippen LogP contribution in [0.2, 0.25) is 0 Å². The Morgan fingerprint density at radius 2 is 2.00 bits per heavy atom. The van der Waals surface area contributed by atoms with Gasteiger partial charge in [0.15, 0.2) is 5.96 Å². The average Bonchev–Trinajstić information content (AvgIpc) is 3.36. The molecule has 0 atom stereocenters. The summed E-state index contributed by atoms with van der Waals surface area (Å²) < 4.78 is 0. The first-order valence-electron chi connectivity index (χ1n) is 8.47. The lowest BCUT2D eigenvalue weighted by Crippen LogP contribution is -2.50. The number of amides is 3. The number of guanidine groups is 1. The summed E-state index contributed by atoms with van der Waals surface area (Å²) in [4.78, 5) is 31.0. The molecule has 3 amide bonds. The summed E-state index contributed by atoms with van der Waals surface area (Å²) in [5, 5.41) is 9.14. The molecular weight excluding hydrogens is 296 g/mol. The van der Waals surface area contributed by atoms with E-state index in [1.165, 1.54) is 17.7 Å². The van der Waals surface area contributed by atoms with E-state index in [0.717, 1.165) is 37.9 Å². The molecule has 2 saturated heterocycles. The number of hydrogen-bond acceptors (Lipinski definition) is 4. The predicted molar refractivity (Wildman–Crippen MR) is 87.2 cm³/mol. The van der Waals surface area contributed by atoms with Crippen LogP contribution in [0.1, 0.15) is 25.7 Å². The summed E-state index contributed by atoms with van der Waals surface area (Å²) in [7, 11) is 1.74. The molecule has 0 aromatic rings. The molecule has 2 aliphatic heterocycles. The lowest BCUT2D eigenvalue weighted by Gasteiger charge is -2.33. The zero-order valence-electron chi connectivity index (χ0n) is 13.7. The molecule has 0 aromatic carbocycles. The van der Waals surface area contributed by atoms with Crippen LogP contribution in [0.4, 0.5) is 4.79 Å². The predicted octanol–water partition coefficient (Wildman–Crippen LogP) is -0.670. The monoisotopic (exact) mass is 322 g/mol. The zero-order valence-corrected chi connectivity index (χ0v) is 13.7. The quantitative estimate of drug-likeness (QED) is 0.355. The van der Waals surface area contributed by atoms with Crippen LogP contribution in [0, 0.1) is 0 Å². The number of carbonyl (C=O) groups excluding carboxylic acids is 2. The van der Waals surface area contributed by atoms with Crippen molar-refractivity contribution in [3.05, 3.63) is 0 Å². The minimum Gasteiger partial charge on any atom is -0.355 e. The Labute approximate surface area is 136 Å². The van der Waals surface area contributed by atoms with Gasteiger partial charge in [0.1, 0.15) is 0 Å². The number of nitrogens with zero attached hydrogens (tertiary/aromatic N) is 3. The highest BCUT2D eigenvalue weighted by molar-refractivity contribution is 6.01. The maximum Gasteiger partial charge on any atom is 0.324 e. The first-order valence-corrected chi connectivity index (χ1v) is 8.47. The fraction of sp³-hybridized carbons (Fsp3) is 0.800. The number of piperidine rings is 1. The smallest absolute Gasteiger partial charge is 0.324 e. The summed E-state index contributed by atoms with van der Waals surface area (Å²) in [5.41, 5.74) is 0. The second kappa shape index (κ2) is 7.16. The first-order chi connectivity index (χ1) is 11.2. The molecule has 2 heterocycles. The molecule has 1 aliphatic carbocycles. The molecule has 3 fully saturated rings. The topological polar surface area (TPSA) is 89.1 Å². The van der Waals surface area contributed by atoms with Gasteiger partial charge >= 0.3 is 6.03 Å². The molecule has 128 valence electrons. The van der Waals surface area contributed by atoms with E-state index in [0.29, 0.717) is 19.1 Å². The van der Waals surface area contributed by atoms with Gasteiger partial charge in [-0.05, 0) is 25.7 Å². The lowest BCUT2D eigenvalue weighted by molar-refractivity contribution is -0.124. The second-order valence-electron chi connectivity index (χ2n) is 6.39. The molecule has 3 N–H and O–H groups in total. The zero-order chi connectivity index (χ0) is 16.2. The van der Waals surface area contributed by atoms with Gasteiger partial charge in [-0.1, -0.05) is 0 Å². The maximum absolute atomic E-state index is 11.5. The van der Waals surface area contributed by atoms with Crippen molar-refractivity contribution in [3.8, 4) is 0 Å². The number of carbonyl (C=O) groups is 2. The largest absolute Gasteiger partial charge is 0.355 e. The number of rotatable bonds is 5. The van der Waals surface area contributed by atoms with Crippen molar-refractivity contribution in [3.63, 3.8) is 0 Å². The minimum absolute atomic E-state index is 0.103. The van der Waals surface area contributed by atoms with Crippen molar-refractivity contribution in [2.45, 2.75) is 37.8 Å².